The number of hydrogen-bond acceptors (Lipinski definition) is 6. The zero-order chi connectivity index (χ0) is 19.2. The summed E-state index contributed by atoms with van der Waals surface area (Å²) in [6, 6.07) is 8.38. The minimum Gasteiger partial charge on any atom is -0.493 e. The highest BCUT2D eigenvalue weighted by Gasteiger charge is 2.20. The number of aryl methyl sites for hydroxylation is 2. The molecule has 27 heavy (non-hydrogen) atoms. The molecule has 0 bridgehead atoms. The second-order valence-electron chi connectivity index (χ2n) is 6.29. The van der Waals surface area contributed by atoms with Gasteiger partial charge in [-0.25, -0.2) is 0 Å². The van der Waals surface area contributed by atoms with E-state index in [1.807, 2.05) is 6.07 Å². The van der Waals surface area contributed by atoms with Crippen molar-refractivity contribution in [2.75, 3.05) is 13.2 Å². The number of ether oxygens (including phenoxy) is 2. The van der Waals surface area contributed by atoms with Gasteiger partial charge in [0.25, 0.3) is 10.0 Å². The van der Waals surface area contributed by atoms with Gasteiger partial charge in [-0.1, -0.05) is 16.7 Å². The number of aromatic hydroxyl groups is 1. The van der Waals surface area contributed by atoms with Gasteiger partial charge in [-0.05, 0) is 37.1 Å². The number of aromatic nitrogens is 1. The van der Waals surface area contributed by atoms with Crippen LogP contribution in [0.4, 0.5) is 5.69 Å². The molecule has 1 aromatic heterocycles. The van der Waals surface area contributed by atoms with Gasteiger partial charge in [0.2, 0.25) is 5.88 Å². The highest BCUT2D eigenvalue weighted by molar-refractivity contribution is 7.90. The fourth-order valence-electron chi connectivity index (χ4n) is 2.93. The van der Waals surface area contributed by atoms with Crippen molar-refractivity contribution < 1.29 is 23.0 Å². The van der Waals surface area contributed by atoms with Crippen LogP contribution in [0.2, 0.25) is 0 Å². The first-order valence-electron chi connectivity index (χ1n) is 8.25. The molecule has 0 amide bonds. The predicted octanol–water partition coefficient (Wildman–Crippen LogP) is 3.73. The smallest absolute Gasteiger partial charge is 0.300 e. The van der Waals surface area contributed by atoms with Gasteiger partial charge in [0.1, 0.15) is 13.2 Å². The Morgan fingerprint density at radius 1 is 1.07 bits per heavy atom. The molecule has 0 aliphatic carbocycles. The van der Waals surface area contributed by atoms with Crippen LogP contribution in [0.3, 0.4) is 0 Å². The molecular weight excluding hydrogens is 370 g/mol. The fraction of sp³-hybridized carbons (Fsp3) is 0.222. The van der Waals surface area contributed by atoms with E-state index in [9.17, 15) is 13.5 Å². The van der Waals surface area contributed by atoms with Crippen LogP contribution >= 0.6 is 0 Å². The Bertz CT molecular complexity index is 1180. The van der Waals surface area contributed by atoms with Crippen molar-refractivity contribution in [2.45, 2.75) is 18.7 Å². The standard InChI is InChI=1S/C18H17N3O5S/c1-10-3-4-11(2)16(7-10)27(23,24)21-20-17-12-8-14-15(26-6-5-25-14)9-13(12)19-18(17)22/h3-4,7-9,19,22H,5-6H2,1-2H3. The van der Waals surface area contributed by atoms with Crippen LogP contribution in [0, 0.1) is 13.8 Å². The molecule has 0 saturated heterocycles. The van der Waals surface area contributed by atoms with Crippen LogP contribution in [-0.4, -0.2) is 31.7 Å². The normalized spacial score (nSPS) is 14.1. The molecule has 140 valence electrons. The molecule has 3 aromatic rings. The van der Waals surface area contributed by atoms with E-state index in [1.54, 1.807) is 38.1 Å². The lowest BCUT2D eigenvalue weighted by molar-refractivity contribution is 0.172. The quantitative estimate of drug-likeness (QED) is 0.665. The molecule has 4 rings (SSSR count). The Balaban J connectivity index is 1.78. The summed E-state index contributed by atoms with van der Waals surface area (Å²) in [5.41, 5.74) is 1.93. The van der Waals surface area contributed by atoms with Gasteiger partial charge in [0.05, 0.1) is 10.4 Å². The number of aromatic amines is 1. The van der Waals surface area contributed by atoms with Gasteiger partial charge in [-0.15, -0.1) is 5.11 Å². The van der Waals surface area contributed by atoms with Crippen molar-refractivity contribution in [1.29, 1.82) is 0 Å². The second-order valence-corrected chi connectivity index (χ2v) is 7.84. The number of H-pyrrole nitrogens is 1. The lowest BCUT2D eigenvalue weighted by atomic mass is 10.2. The summed E-state index contributed by atoms with van der Waals surface area (Å²) in [6.07, 6.45) is 0. The minimum absolute atomic E-state index is 0.0239. The van der Waals surface area contributed by atoms with Crippen molar-refractivity contribution in [3.63, 3.8) is 0 Å². The van der Waals surface area contributed by atoms with Gasteiger partial charge in [-0.2, -0.15) is 8.42 Å². The Morgan fingerprint density at radius 3 is 2.52 bits per heavy atom. The van der Waals surface area contributed by atoms with E-state index in [2.05, 4.69) is 14.6 Å². The maximum atomic E-state index is 12.6. The highest BCUT2D eigenvalue weighted by atomic mass is 32.2. The van der Waals surface area contributed by atoms with Gasteiger partial charge >= 0.3 is 0 Å². The molecule has 0 unspecified atom stereocenters. The average molecular weight is 387 g/mol. The molecule has 0 fully saturated rings. The molecule has 9 heteroatoms. The van der Waals surface area contributed by atoms with Gasteiger partial charge in [-0.3, -0.25) is 0 Å². The van der Waals surface area contributed by atoms with E-state index in [-0.39, 0.29) is 16.5 Å². The van der Waals surface area contributed by atoms with Gasteiger partial charge in [0, 0.05) is 11.5 Å². The first-order chi connectivity index (χ1) is 12.8. The molecule has 1 aliphatic heterocycles. The Hall–Kier alpha value is -3.07. The molecule has 0 radical (unpaired) electrons. The molecule has 1 aliphatic rings. The average Bonchev–Trinajstić information content (AvgIpc) is 2.94. The topological polar surface area (TPSA) is 113 Å². The summed E-state index contributed by atoms with van der Waals surface area (Å²) in [5, 5.41) is 14.5. The van der Waals surface area contributed by atoms with Crippen LogP contribution in [0.5, 0.6) is 17.4 Å². The minimum atomic E-state index is -4.01. The molecule has 0 atom stereocenters. The van der Waals surface area contributed by atoms with Gasteiger partial charge < -0.3 is 19.6 Å². The van der Waals surface area contributed by atoms with Crippen LogP contribution in [0.1, 0.15) is 11.1 Å². The molecule has 8 nitrogen and oxygen atoms in total. The number of fused-ring (bicyclic) bond motifs is 2. The maximum absolute atomic E-state index is 12.6. The summed E-state index contributed by atoms with van der Waals surface area (Å²) < 4.78 is 39.7. The Morgan fingerprint density at radius 2 is 1.78 bits per heavy atom. The number of hydrogen-bond donors (Lipinski definition) is 2. The van der Waals surface area contributed by atoms with Crippen molar-refractivity contribution in [3.8, 4) is 17.4 Å². The van der Waals surface area contributed by atoms with E-state index in [1.165, 1.54) is 0 Å². The monoisotopic (exact) mass is 387 g/mol. The SMILES string of the molecule is Cc1ccc(C)c(S(=O)(=O)N=Nc2c(O)[nH]c3cc4c(cc23)OCCO4)c1. The summed E-state index contributed by atoms with van der Waals surface area (Å²) in [5.74, 6) is 0.760. The third-order valence-electron chi connectivity index (χ3n) is 4.28. The number of sulfonamides is 1. The molecule has 2 heterocycles. The highest BCUT2D eigenvalue weighted by Crippen LogP contribution is 2.42. The zero-order valence-corrected chi connectivity index (χ0v) is 15.5. The second kappa shape index (κ2) is 6.27. The third kappa shape index (κ3) is 3.10. The fourth-order valence-corrected chi connectivity index (χ4v) is 4.01. The predicted molar refractivity (Wildman–Crippen MR) is 98.6 cm³/mol. The maximum Gasteiger partial charge on any atom is 0.300 e. The van der Waals surface area contributed by atoms with Crippen LogP contribution in [0.25, 0.3) is 10.9 Å². The van der Waals surface area contributed by atoms with E-state index in [0.29, 0.717) is 41.2 Å². The van der Waals surface area contributed by atoms with Crippen molar-refractivity contribution in [1.82, 2.24) is 4.98 Å². The largest absolute Gasteiger partial charge is 0.493 e. The molecule has 0 spiro atoms. The lowest BCUT2D eigenvalue weighted by Gasteiger charge is -2.18. The van der Waals surface area contributed by atoms with E-state index >= 15 is 0 Å². The van der Waals surface area contributed by atoms with Crippen molar-refractivity contribution in [3.05, 3.63) is 41.5 Å². The third-order valence-corrected chi connectivity index (χ3v) is 5.58. The van der Waals surface area contributed by atoms with Crippen LogP contribution in [-0.2, 0) is 10.0 Å². The number of nitrogens with one attached hydrogen (secondary N) is 1. The number of benzene rings is 2. The van der Waals surface area contributed by atoms with E-state index in [4.69, 9.17) is 9.47 Å². The summed E-state index contributed by atoms with van der Waals surface area (Å²) in [6.45, 7) is 4.33. The van der Waals surface area contributed by atoms with Gasteiger partial charge in [0.15, 0.2) is 17.2 Å². The Kier molecular flexibility index (Phi) is 4.03. The zero-order valence-electron chi connectivity index (χ0n) is 14.7. The number of nitrogens with zero attached hydrogens (tertiary/aromatic N) is 2. The van der Waals surface area contributed by atoms with Crippen LogP contribution < -0.4 is 9.47 Å². The number of rotatable bonds is 3. The van der Waals surface area contributed by atoms with E-state index < -0.39 is 10.0 Å². The first-order valence-corrected chi connectivity index (χ1v) is 9.69. The van der Waals surface area contributed by atoms with Crippen molar-refractivity contribution >= 4 is 26.6 Å². The van der Waals surface area contributed by atoms with Crippen molar-refractivity contribution in [2.24, 2.45) is 9.63 Å². The Labute approximate surface area is 155 Å². The van der Waals surface area contributed by atoms with Crippen LogP contribution in [0.15, 0.2) is 44.9 Å². The summed E-state index contributed by atoms with van der Waals surface area (Å²) in [4.78, 5) is 2.83. The summed E-state index contributed by atoms with van der Waals surface area (Å²) in [7, 11) is -4.01. The van der Waals surface area contributed by atoms with E-state index in [0.717, 1.165) is 5.56 Å². The molecule has 2 aromatic carbocycles. The molecule has 0 saturated carbocycles. The lowest BCUT2D eigenvalue weighted by Crippen LogP contribution is -2.15. The summed E-state index contributed by atoms with van der Waals surface area (Å²) >= 11 is 0. The molecular formula is C18H17N3O5S. The molecule has 2 N–H and O–H groups in total. The first kappa shape index (κ1) is 17.3.